The number of halogens is 1. The average molecular weight is 327 g/mol. The van der Waals surface area contributed by atoms with E-state index < -0.39 is 0 Å². The number of thioether (sulfide) groups is 1. The predicted octanol–water partition coefficient (Wildman–Crippen LogP) is 3.98. The minimum absolute atomic E-state index is 0.0198. The van der Waals surface area contributed by atoms with Gasteiger partial charge in [0.1, 0.15) is 11.9 Å². The first-order valence-corrected chi connectivity index (χ1v) is 8.88. The molecule has 1 atom stereocenters. The maximum Gasteiger partial charge on any atom is 0.155 e. The van der Waals surface area contributed by atoms with Crippen molar-refractivity contribution in [3.8, 4) is 5.75 Å². The van der Waals surface area contributed by atoms with Crippen LogP contribution in [0, 0.1) is 0 Å². The SMILES string of the molecule is O=Cc1c(Cl)cccc1OC1CCOC2(CCSCC2)C1. The van der Waals surface area contributed by atoms with Crippen LogP contribution in [0.1, 0.15) is 36.0 Å². The molecule has 114 valence electrons. The summed E-state index contributed by atoms with van der Waals surface area (Å²) in [6.45, 7) is 0.728. The van der Waals surface area contributed by atoms with Gasteiger partial charge in [0, 0.05) is 12.8 Å². The van der Waals surface area contributed by atoms with Crippen molar-refractivity contribution < 1.29 is 14.3 Å². The fourth-order valence-corrected chi connectivity index (χ4v) is 4.54. The highest BCUT2D eigenvalue weighted by atomic mass is 35.5. The summed E-state index contributed by atoms with van der Waals surface area (Å²) in [7, 11) is 0. The van der Waals surface area contributed by atoms with Gasteiger partial charge in [-0.15, -0.1) is 0 Å². The summed E-state index contributed by atoms with van der Waals surface area (Å²) in [6.07, 6.45) is 4.81. The van der Waals surface area contributed by atoms with Crippen LogP contribution < -0.4 is 4.74 Å². The topological polar surface area (TPSA) is 35.5 Å². The number of hydrogen-bond donors (Lipinski definition) is 0. The van der Waals surface area contributed by atoms with E-state index in [-0.39, 0.29) is 11.7 Å². The molecule has 0 saturated carbocycles. The summed E-state index contributed by atoms with van der Waals surface area (Å²) in [6, 6.07) is 5.34. The van der Waals surface area contributed by atoms with Crippen molar-refractivity contribution in [3.05, 3.63) is 28.8 Å². The van der Waals surface area contributed by atoms with Gasteiger partial charge in [-0.3, -0.25) is 4.79 Å². The molecular formula is C16H19ClO3S. The summed E-state index contributed by atoms with van der Waals surface area (Å²) < 4.78 is 12.1. The molecule has 2 aliphatic rings. The van der Waals surface area contributed by atoms with E-state index >= 15 is 0 Å². The van der Waals surface area contributed by atoms with Crippen LogP contribution >= 0.6 is 23.4 Å². The Morgan fingerprint density at radius 3 is 2.95 bits per heavy atom. The van der Waals surface area contributed by atoms with E-state index in [0.29, 0.717) is 16.3 Å². The summed E-state index contributed by atoms with van der Waals surface area (Å²) in [5, 5.41) is 0.443. The van der Waals surface area contributed by atoms with Crippen molar-refractivity contribution in [2.24, 2.45) is 0 Å². The molecule has 0 amide bonds. The van der Waals surface area contributed by atoms with Crippen molar-refractivity contribution in [3.63, 3.8) is 0 Å². The highest BCUT2D eigenvalue weighted by Crippen LogP contribution is 2.39. The second-order valence-electron chi connectivity index (χ2n) is 5.65. The molecule has 2 heterocycles. The Kier molecular flexibility index (Phi) is 4.77. The third-order valence-corrected chi connectivity index (χ3v) is 5.59. The van der Waals surface area contributed by atoms with E-state index in [9.17, 15) is 4.79 Å². The number of carbonyl (C=O) groups is 1. The predicted molar refractivity (Wildman–Crippen MR) is 85.7 cm³/mol. The normalized spacial score (nSPS) is 24.7. The maximum atomic E-state index is 11.2. The van der Waals surface area contributed by atoms with Gasteiger partial charge in [-0.05, 0) is 36.5 Å². The standard InChI is InChI=1S/C16H19ClO3S/c17-14-2-1-3-15(13(14)11-18)20-12-4-7-19-16(10-12)5-8-21-9-6-16/h1-3,11-12H,4-10H2. The fraction of sp³-hybridized carbons (Fsp3) is 0.562. The monoisotopic (exact) mass is 326 g/mol. The third-order valence-electron chi connectivity index (χ3n) is 4.28. The molecule has 3 rings (SSSR count). The van der Waals surface area contributed by atoms with Crippen LogP contribution in [0.25, 0.3) is 0 Å². The average Bonchev–Trinajstić information content (AvgIpc) is 2.48. The molecule has 2 saturated heterocycles. The number of rotatable bonds is 3. The Bertz CT molecular complexity index is 509. The zero-order chi connectivity index (χ0) is 14.7. The second kappa shape index (κ2) is 6.59. The van der Waals surface area contributed by atoms with Crippen molar-refractivity contribution in [2.45, 2.75) is 37.4 Å². The first-order chi connectivity index (χ1) is 10.2. The van der Waals surface area contributed by atoms with Gasteiger partial charge in [0.25, 0.3) is 0 Å². The number of hydrogen-bond acceptors (Lipinski definition) is 4. The van der Waals surface area contributed by atoms with Crippen molar-refractivity contribution in [2.75, 3.05) is 18.1 Å². The van der Waals surface area contributed by atoms with Gasteiger partial charge in [-0.1, -0.05) is 17.7 Å². The summed E-state index contributed by atoms with van der Waals surface area (Å²) in [5.41, 5.74) is 0.424. The fourth-order valence-electron chi connectivity index (χ4n) is 3.09. The van der Waals surface area contributed by atoms with E-state index in [1.807, 2.05) is 23.9 Å². The lowest BCUT2D eigenvalue weighted by Gasteiger charge is -2.43. The number of aldehydes is 1. The first-order valence-electron chi connectivity index (χ1n) is 7.34. The first kappa shape index (κ1) is 15.2. The molecule has 1 spiro atoms. The Labute approximate surface area is 134 Å². The Morgan fingerprint density at radius 2 is 2.19 bits per heavy atom. The van der Waals surface area contributed by atoms with Gasteiger partial charge < -0.3 is 9.47 Å². The van der Waals surface area contributed by atoms with Gasteiger partial charge in [-0.2, -0.15) is 11.8 Å². The molecule has 0 aromatic heterocycles. The molecule has 2 aliphatic heterocycles. The van der Waals surface area contributed by atoms with Crippen molar-refractivity contribution in [1.29, 1.82) is 0 Å². The minimum Gasteiger partial charge on any atom is -0.489 e. The van der Waals surface area contributed by atoms with Gasteiger partial charge in [0.05, 0.1) is 22.8 Å². The Morgan fingerprint density at radius 1 is 1.38 bits per heavy atom. The number of carbonyl (C=O) groups excluding carboxylic acids is 1. The highest BCUT2D eigenvalue weighted by Gasteiger charge is 2.39. The molecule has 1 unspecified atom stereocenters. The lowest BCUT2D eigenvalue weighted by Crippen LogP contribution is -2.46. The van der Waals surface area contributed by atoms with Gasteiger partial charge in [0.15, 0.2) is 6.29 Å². The second-order valence-corrected chi connectivity index (χ2v) is 7.28. The Hall–Kier alpha value is -0.710. The number of benzene rings is 1. The highest BCUT2D eigenvalue weighted by molar-refractivity contribution is 7.99. The quantitative estimate of drug-likeness (QED) is 0.787. The van der Waals surface area contributed by atoms with Crippen LogP contribution in [-0.2, 0) is 4.74 Å². The molecule has 5 heteroatoms. The minimum atomic E-state index is -0.0198. The molecule has 0 bridgehead atoms. The number of ether oxygens (including phenoxy) is 2. The van der Waals surface area contributed by atoms with Crippen molar-refractivity contribution >= 4 is 29.6 Å². The van der Waals surface area contributed by atoms with Crippen LogP contribution in [0.4, 0.5) is 0 Å². The van der Waals surface area contributed by atoms with E-state index in [1.54, 1.807) is 6.07 Å². The molecule has 2 fully saturated rings. The largest absolute Gasteiger partial charge is 0.489 e. The van der Waals surface area contributed by atoms with Gasteiger partial charge >= 0.3 is 0 Å². The molecule has 1 aromatic carbocycles. The molecular weight excluding hydrogens is 308 g/mol. The molecule has 3 nitrogen and oxygen atoms in total. The van der Waals surface area contributed by atoms with Crippen LogP contribution in [0.2, 0.25) is 5.02 Å². The summed E-state index contributed by atoms with van der Waals surface area (Å²) in [4.78, 5) is 11.2. The van der Waals surface area contributed by atoms with Crippen LogP contribution in [-0.4, -0.2) is 36.1 Å². The Balaban J connectivity index is 1.73. The lowest BCUT2D eigenvalue weighted by molar-refractivity contribution is -0.116. The van der Waals surface area contributed by atoms with Crippen LogP contribution in [0.15, 0.2) is 18.2 Å². The van der Waals surface area contributed by atoms with Gasteiger partial charge in [0.2, 0.25) is 0 Å². The van der Waals surface area contributed by atoms with Gasteiger partial charge in [-0.25, -0.2) is 0 Å². The molecule has 21 heavy (non-hydrogen) atoms. The zero-order valence-electron chi connectivity index (χ0n) is 11.8. The molecule has 1 aromatic rings. The van der Waals surface area contributed by atoms with Crippen LogP contribution in [0.5, 0.6) is 5.75 Å². The van der Waals surface area contributed by atoms with E-state index in [2.05, 4.69) is 0 Å². The summed E-state index contributed by atoms with van der Waals surface area (Å²) in [5.74, 6) is 2.90. The molecule has 0 radical (unpaired) electrons. The molecule has 0 N–H and O–H groups in total. The smallest absolute Gasteiger partial charge is 0.155 e. The van der Waals surface area contributed by atoms with Crippen molar-refractivity contribution in [1.82, 2.24) is 0 Å². The lowest BCUT2D eigenvalue weighted by atomic mass is 9.86. The molecule has 0 aliphatic carbocycles. The van der Waals surface area contributed by atoms with E-state index in [0.717, 1.165) is 50.1 Å². The zero-order valence-corrected chi connectivity index (χ0v) is 13.4. The third kappa shape index (κ3) is 3.38. The van der Waals surface area contributed by atoms with Crippen LogP contribution in [0.3, 0.4) is 0 Å². The maximum absolute atomic E-state index is 11.2. The van der Waals surface area contributed by atoms with E-state index in [4.69, 9.17) is 21.1 Å². The van der Waals surface area contributed by atoms with E-state index in [1.165, 1.54) is 0 Å². The summed E-state index contributed by atoms with van der Waals surface area (Å²) >= 11 is 8.04.